The number of unbranched alkanes of at least 4 members (excludes halogenated alkanes) is 1. The van der Waals surface area contributed by atoms with E-state index in [0.29, 0.717) is 12.0 Å². The standard InChI is InChI=1S/C12H22O2/c1-2-3-7-11-12(13)9-6-4-5-8-10(9)14-11/h9-13H,2-8H2,1H3/t9-,10-,11-,12+/m1/s1. The molecule has 0 unspecified atom stereocenters. The van der Waals surface area contributed by atoms with E-state index in [-0.39, 0.29) is 12.2 Å². The van der Waals surface area contributed by atoms with Gasteiger partial charge in [0.05, 0.1) is 18.3 Å². The Kier molecular flexibility index (Phi) is 3.45. The Bertz CT molecular complexity index is 181. The van der Waals surface area contributed by atoms with Gasteiger partial charge in [-0.1, -0.05) is 32.6 Å². The van der Waals surface area contributed by atoms with Crippen LogP contribution in [-0.2, 0) is 4.74 Å². The Morgan fingerprint density at radius 3 is 2.79 bits per heavy atom. The van der Waals surface area contributed by atoms with Crippen molar-refractivity contribution in [3.63, 3.8) is 0 Å². The number of fused-ring (bicyclic) bond motifs is 1. The lowest BCUT2D eigenvalue weighted by Crippen LogP contribution is -2.29. The minimum atomic E-state index is -0.174. The van der Waals surface area contributed by atoms with Crippen LogP contribution < -0.4 is 0 Å². The van der Waals surface area contributed by atoms with E-state index in [9.17, 15) is 5.11 Å². The molecular weight excluding hydrogens is 176 g/mol. The minimum Gasteiger partial charge on any atom is -0.390 e. The topological polar surface area (TPSA) is 29.5 Å². The van der Waals surface area contributed by atoms with E-state index in [4.69, 9.17) is 4.74 Å². The first kappa shape index (κ1) is 10.4. The number of aliphatic hydroxyl groups excluding tert-OH is 1. The van der Waals surface area contributed by atoms with Crippen molar-refractivity contribution in [2.24, 2.45) is 5.92 Å². The van der Waals surface area contributed by atoms with Crippen molar-refractivity contribution in [2.75, 3.05) is 0 Å². The van der Waals surface area contributed by atoms with Crippen molar-refractivity contribution in [3.8, 4) is 0 Å². The maximum atomic E-state index is 10.1. The highest BCUT2D eigenvalue weighted by Crippen LogP contribution is 2.38. The molecule has 2 heteroatoms. The third kappa shape index (κ3) is 1.96. The maximum Gasteiger partial charge on any atom is 0.0854 e. The van der Waals surface area contributed by atoms with E-state index in [2.05, 4.69) is 6.92 Å². The molecule has 1 aliphatic carbocycles. The van der Waals surface area contributed by atoms with E-state index in [0.717, 1.165) is 6.42 Å². The summed E-state index contributed by atoms with van der Waals surface area (Å²) >= 11 is 0. The molecule has 2 fully saturated rings. The Hall–Kier alpha value is -0.0800. The Morgan fingerprint density at radius 2 is 2.07 bits per heavy atom. The van der Waals surface area contributed by atoms with Gasteiger partial charge < -0.3 is 9.84 Å². The normalized spacial score (nSPS) is 42.4. The van der Waals surface area contributed by atoms with Gasteiger partial charge in [0.25, 0.3) is 0 Å². The third-order valence-electron chi connectivity index (χ3n) is 3.77. The van der Waals surface area contributed by atoms with E-state index in [1.807, 2.05) is 0 Å². The fourth-order valence-corrected chi connectivity index (χ4v) is 2.91. The molecule has 1 N–H and O–H groups in total. The molecule has 2 rings (SSSR count). The molecule has 1 saturated carbocycles. The summed E-state index contributed by atoms with van der Waals surface area (Å²) in [4.78, 5) is 0. The lowest BCUT2D eigenvalue weighted by molar-refractivity contribution is -0.000563. The summed E-state index contributed by atoms with van der Waals surface area (Å²) in [6.07, 6.45) is 8.68. The zero-order valence-corrected chi connectivity index (χ0v) is 9.11. The van der Waals surface area contributed by atoms with E-state index < -0.39 is 0 Å². The van der Waals surface area contributed by atoms with Crippen LogP contribution in [0.1, 0.15) is 51.9 Å². The quantitative estimate of drug-likeness (QED) is 0.755. The van der Waals surface area contributed by atoms with Crippen LogP contribution in [-0.4, -0.2) is 23.4 Å². The highest BCUT2D eigenvalue weighted by atomic mass is 16.5. The van der Waals surface area contributed by atoms with E-state index in [1.54, 1.807) is 0 Å². The molecule has 0 bridgehead atoms. The van der Waals surface area contributed by atoms with Crippen molar-refractivity contribution in [2.45, 2.75) is 70.2 Å². The van der Waals surface area contributed by atoms with Crippen LogP contribution in [0.5, 0.6) is 0 Å². The molecule has 2 nitrogen and oxygen atoms in total. The summed E-state index contributed by atoms with van der Waals surface area (Å²) in [7, 11) is 0. The van der Waals surface area contributed by atoms with Gasteiger partial charge in [0.1, 0.15) is 0 Å². The van der Waals surface area contributed by atoms with Gasteiger partial charge in [-0.3, -0.25) is 0 Å². The molecule has 1 heterocycles. The lowest BCUT2D eigenvalue weighted by atomic mass is 9.83. The maximum absolute atomic E-state index is 10.1. The van der Waals surface area contributed by atoms with Crippen LogP contribution in [0.2, 0.25) is 0 Å². The van der Waals surface area contributed by atoms with Gasteiger partial charge in [-0.25, -0.2) is 0 Å². The van der Waals surface area contributed by atoms with E-state index in [1.165, 1.54) is 38.5 Å². The second-order valence-electron chi connectivity index (χ2n) is 4.79. The van der Waals surface area contributed by atoms with Crippen molar-refractivity contribution in [1.29, 1.82) is 0 Å². The molecule has 0 amide bonds. The van der Waals surface area contributed by atoms with Gasteiger partial charge in [-0.05, 0) is 19.3 Å². The van der Waals surface area contributed by atoms with Gasteiger partial charge in [0, 0.05) is 5.92 Å². The molecule has 0 aromatic carbocycles. The van der Waals surface area contributed by atoms with Crippen LogP contribution in [0.3, 0.4) is 0 Å². The van der Waals surface area contributed by atoms with Crippen molar-refractivity contribution in [3.05, 3.63) is 0 Å². The molecule has 0 aromatic heterocycles. The predicted molar refractivity (Wildman–Crippen MR) is 56.2 cm³/mol. The summed E-state index contributed by atoms with van der Waals surface area (Å²) in [5.74, 6) is 0.450. The summed E-state index contributed by atoms with van der Waals surface area (Å²) in [6.45, 7) is 2.19. The van der Waals surface area contributed by atoms with Gasteiger partial charge in [0.2, 0.25) is 0 Å². The SMILES string of the molecule is CCCC[C@H]1O[C@@H]2CCCC[C@H]2[C@@H]1O. The van der Waals surface area contributed by atoms with Gasteiger partial charge >= 0.3 is 0 Å². The average molecular weight is 198 g/mol. The largest absolute Gasteiger partial charge is 0.390 e. The van der Waals surface area contributed by atoms with Crippen molar-refractivity contribution >= 4 is 0 Å². The number of hydrogen-bond acceptors (Lipinski definition) is 2. The molecule has 4 atom stereocenters. The summed E-state index contributed by atoms with van der Waals surface area (Å²) in [5, 5.41) is 10.1. The molecule has 0 radical (unpaired) electrons. The average Bonchev–Trinajstić information content (AvgIpc) is 2.54. The minimum absolute atomic E-state index is 0.142. The molecule has 0 spiro atoms. The first-order chi connectivity index (χ1) is 6.83. The zero-order chi connectivity index (χ0) is 9.97. The monoisotopic (exact) mass is 198 g/mol. The summed E-state index contributed by atoms with van der Waals surface area (Å²) in [6, 6.07) is 0. The van der Waals surface area contributed by atoms with Gasteiger partial charge in [-0.15, -0.1) is 0 Å². The number of aliphatic hydroxyl groups is 1. The molecular formula is C12H22O2. The van der Waals surface area contributed by atoms with Crippen LogP contribution in [0.15, 0.2) is 0 Å². The van der Waals surface area contributed by atoms with Crippen LogP contribution in [0, 0.1) is 5.92 Å². The van der Waals surface area contributed by atoms with Crippen molar-refractivity contribution in [1.82, 2.24) is 0 Å². The lowest BCUT2D eigenvalue weighted by Gasteiger charge is -2.24. The zero-order valence-electron chi connectivity index (χ0n) is 9.11. The molecule has 0 aromatic rings. The fourth-order valence-electron chi connectivity index (χ4n) is 2.91. The van der Waals surface area contributed by atoms with Crippen LogP contribution >= 0.6 is 0 Å². The Labute approximate surface area is 86.6 Å². The molecule has 1 aliphatic heterocycles. The summed E-state index contributed by atoms with van der Waals surface area (Å²) < 4.78 is 5.93. The number of hydrogen-bond donors (Lipinski definition) is 1. The molecule has 1 saturated heterocycles. The molecule has 82 valence electrons. The first-order valence-corrected chi connectivity index (χ1v) is 6.16. The van der Waals surface area contributed by atoms with Crippen LogP contribution in [0.4, 0.5) is 0 Å². The third-order valence-corrected chi connectivity index (χ3v) is 3.77. The van der Waals surface area contributed by atoms with Crippen molar-refractivity contribution < 1.29 is 9.84 Å². The molecule has 2 aliphatic rings. The van der Waals surface area contributed by atoms with Gasteiger partial charge in [-0.2, -0.15) is 0 Å². The van der Waals surface area contributed by atoms with Crippen LogP contribution in [0.25, 0.3) is 0 Å². The Morgan fingerprint density at radius 1 is 1.29 bits per heavy atom. The fraction of sp³-hybridized carbons (Fsp3) is 1.00. The number of rotatable bonds is 3. The second kappa shape index (κ2) is 4.63. The second-order valence-corrected chi connectivity index (χ2v) is 4.79. The predicted octanol–water partition coefficient (Wildman–Crippen LogP) is 2.50. The first-order valence-electron chi connectivity index (χ1n) is 6.16. The Balaban J connectivity index is 1.89. The highest BCUT2D eigenvalue weighted by molar-refractivity contribution is 4.92. The van der Waals surface area contributed by atoms with E-state index >= 15 is 0 Å². The highest BCUT2D eigenvalue weighted by Gasteiger charge is 2.43. The van der Waals surface area contributed by atoms with Gasteiger partial charge in [0.15, 0.2) is 0 Å². The smallest absolute Gasteiger partial charge is 0.0854 e. The summed E-state index contributed by atoms with van der Waals surface area (Å²) in [5.41, 5.74) is 0. The molecule has 14 heavy (non-hydrogen) atoms. The number of ether oxygens (including phenoxy) is 1.